The lowest BCUT2D eigenvalue weighted by Crippen LogP contribution is -2.29. The van der Waals surface area contributed by atoms with Crippen molar-refractivity contribution in [1.82, 2.24) is 4.58 Å². The van der Waals surface area contributed by atoms with E-state index in [-0.39, 0.29) is 16.8 Å². The Labute approximate surface area is 563 Å². The first-order valence-electron chi connectivity index (χ1n) is 37.6. The highest BCUT2D eigenvalue weighted by Gasteiger charge is 2.46. The van der Waals surface area contributed by atoms with Crippen LogP contribution in [0, 0.1) is 0 Å². The van der Waals surface area contributed by atoms with Crippen LogP contribution in [0.25, 0.3) is 49.2 Å². The summed E-state index contributed by atoms with van der Waals surface area (Å²) in [5.74, 6) is 1.68. The molecule has 0 fully saturated rings. The third kappa shape index (κ3) is 16.8. The van der Waals surface area contributed by atoms with Gasteiger partial charge in [0.05, 0.1) is 40.8 Å². The first-order valence-corrected chi connectivity index (χ1v) is 37.6. The van der Waals surface area contributed by atoms with Crippen LogP contribution in [0.5, 0.6) is 11.5 Å². The van der Waals surface area contributed by atoms with Gasteiger partial charge in [-0.3, -0.25) is 4.79 Å². The summed E-state index contributed by atoms with van der Waals surface area (Å²) in [4.78, 5) is 26.4. The van der Waals surface area contributed by atoms with Gasteiger partial charge in [-0.1, -0.05) is 268 Å². The van der Waals surface area contributed by atoms with Gasteiger partial charge in [-0.05, 0) is 132 Å². The largest absolute Gasteiger partial charge is 0.468 e. The Morgan fingerprint density at radius 1 is 0.500 bits per heavy atom. The van der Waals surface area contributed by atoms with Crippen molar-refractivity contribution >= 4 is 78.7 Å². The Kier molecular flexibility index (Phi) is 24.4. The molecule has 0 aliphatic carbocycles. The fourth-order valence-corrected chi connectivity index (χ4v) is 16.0. The Morgan fingerprint density at radius 3 is 1.49 bits per heavy atom. The molecular weight excluding hydrogens is 1150 g/mol. The van der Waals surface area contributed by atoms with Crippen molar-refractivity contribution in [3.8, 4) is 11.5 Å². The van der Waals surface area contributed by atoms with Gasteiger partial charge in [0.1, 0.15) is 11.5 Å². The third-order valence-corrected chi connectivity index (χ3v) is 21.2. The number of carbonyl (C=O) groups is 2. The fourth-order valence-electron chi connectivity index (χ4n) is 16.0. The number of rotatable bonds is 40. The Morgan fingerprint density at radius 2 is 0.968 bits per heavy atom. The van der Waals surface area contributed by atoms with Crippen molar-refractivity contribution in [3.63, 3.8) is 0 Å². The summed E-state index contributed by atoms with van der Waals surface area (Å²) in [5.41, 5.74) is 8.65. The van der Waals surface area contributed by atoms with E-state index in [0.717, 1.165) is 66.7 Å². The second kappa shape index (κ2) is 33.6. The van der Waals surface area contributed by atoms with Gasteiger partial charge < -0.3 is 19.1 Å². The zero-order chi connectivity index (χ0) is 65.1. The van der Waals surface area contributed by atoms with Crippen molar-refractivity contribution in [3.05, 3.63) is 160 Å². The average molecular weight is 1260 g/mol. The minimum atomic E-state index is -0.299. The molecule has 3 heterocycles. The molecule has 498 valence electrons. The van der Waals surface area contributed by atoms with E-state index in [4.69, 9.17) is 14.2 Å². The van der Waals surface area contributed by atoms with Gasteiger partial charge >= 0.3 is 5.97 Å². The highest BCUT2D eigenvalue weighted by molar-refractivity contribution is 6.13. The molecule has 0 unspecified atom stereocenters. The molecule has 0 bridgehead atoms. The van der Waals surface area contributed by atoms with Crippen molar-refractivity contribution in [2.75, 3.05) is 31.2 Å². The zero-order valence-electron chi connectivity index (χ0n) is 58.3. The predicted octanol–water partition coefficient (Wildman–Crippen LogP) is 23.2. The molecule has 0 spiro atoms. The molecule has 11 rings (SSSR count). The number of unbranched alkanes of at least 4 members (excludes halogenated alkanes) is 30. The number of fused-ring (bicyclic) bond motifs is 14. The van der Waals surface area contributed by atoms with Gasteiger partial charge in [0.15, 0.2) is 6.54 Å². The Hall–Kier alpha value is -6.99. The van der Waals surface area contributed by atoms with Crippen LogP contribution < -0.4 is 24.8 Å². The van der Waals surface area contributed by atoms with E-state index in [1.54, 1.807) is 0 Å². The fraction of sp³-hybridized carbons (Fsp3) is 0.506. The molecule has 0 radical (unpaired) electrons. The van der Waals surface area contributed by atoms with E-state index >= 15 is 0 Å². The molecule has 3 aliphatic heterocycles. The van der Waals surface area contributed by atoms with E-state index in [9.17, 15) is 9.59 Å². The molecule has 0 amide bonds. The summed E-state index contributed by atoms with van der Waals surface area (Å²) in [6.45, 7) is 15.1. The van der Waals surface area contributed by atoms with E-state index in [1.807, 2.05) is 12.1 Å². The summed E-state index contributed by atoms with van der Waals surface area (Å²) in [6, 6.07) is 45.0. The number of anilines is 2. The number of esters is 1. The highest BCUT2D eigenvalue weighted by Crippen LogP contribution is 2.57. The quantitative estimate of drug-likeness (QED) is 0.0125. The minimum Gasteiger partial charge on any atom is -0.468 e. The van der Waals surface area contributed by atoms with E-state index in [2.05, 4.69) is 159 Å². The predicted molar refractivity (Wildman–Crippen MR) is 397 cm³/mol. The SMILES string of the molecule is CCCCCCCCCCCCCCCCCCOC(=O)c1ccc([N+]2=c3c(c4c(c5cc6ccccc6cc35)=Cc3c(c5c(c6cc7ccccc7cc36)N(c3ccc(CCCCCCCCCCCCCCCCCCOC=O)cc3)CC5(C)C)O4)C(C)(C)C2)cc1. The first-order chi connectivity index (χ1) is 46.0. The average Bonchev–Trinajstić information content (AvgIpc) is 1.42. The lowest BCUT2D eigenvalue weighted by Gasteiger charge is -2.28. The van der Waals surface area contributed by atoms with Crippen molar-refractivity contribution < 1.29 is 23.8 Å². The summed E-state index contributed by atoms with van der Waals surface area (Å²) in [6.07, 6.45) is 45.6. The van der Waals surface area contributed by atoms with E-state index in [0.29, 0.717) is 25.2 Å². The number of hydrogen-bond donors (Lipinski definition) is 0. The molecule has 94 heavy (non-hydrogen) atoms. The molecule has 3 aliphatic rings. The van der Waals surface area contributed by atoms with Crippen LogP contribution in [0.4, 0.5) is 17.1 Å². The van der Waals surface area contributed by atoms with Crippen LogP contribution in [0.15, 0.2) is 121 Å². The summed E-state index contributed by atoms with van der Waals surface area (Å²) in [7, 11) is 0. The molecule has 8 aromatic carbocycles. The zero-order valence-corrected chi connectivity index (χ0v) is 58.3. The van der Waals surface area contributed by atoms with Crippen LogP contribution >= 0.6 is 0 Å². The normalized spacial score (nSPS) is 14.3. The second-order valence-electron chi connectivity index (χ2n) is 29.6. The topological polar surface area (TPSA) is 68.1 Å². The molecule has 0 aromatic heterocycles. The maximum absolute atomic E-state index is 13.6. The van der Waals surface area contributed by atoms with Crippen molar-refractivity contribution in [2.45, 2.75) is 257 Å². The second-order valence-corrected chi connectivity index (χ2v) is 29.6. The van der Waals surface area contributed by atoms with Gasteiger partial charge in [0.2, 0.25) is 11.0 Å². The highest BCUT2D eigenvalue weighted by atomic mass is 16.5. The maximum atomic E-state index is 13.6. The standard InChI is InChI=1S/C87H111N2O5/c1-6-7-8-9-10-11-12-13-14-19-22-25-28-31-34-41-56-93-85(91)66-49-53-72(54-50-66)89-63-87(4,5)80-82(89)76-60-70-46-39-37-44-68(70)58-74(76)78-61-77-73-57-67-43-36-38-45-69(67)59-75(73)81-79(83(77)94-84(78)80)86(2,3)62-88(81)71-51-47-65(48-52-71)42-35-32-29-26-23-20-17-15-16-18-21-24-27-30-33-40-55-92-64-90/h36-39,43-54,57-61,64H,6-35,40-42,55-56,62-63H2,1-5H3/q+1. The van der Waals surface area contributed by atoms with Crippen LogP contribution in [-0.2, 0) is 31.5 Å². The van der Waals surface area contributed by atoms with Gasteiger partial charge in [0, 0.05) is 51.5 Å². The summed E-state index contributed by atoms with van der Waals surface area (Å²) >= 11 is 0. The number of benzene rings is 8. The molecule has 8 aromatic rings. The van der Waals surface area contributed by atoms with Crippen LogP contribution in [-0.4, -0.2) is 38.7 Å². The molecule has 7 heteroatoms. The monoisotopic (exact) mass is 1260 g/mol. The summed E-state index contributed by atoms with van der Waals surface area (Å²) in [5, 5.41) is 12.1. The molecule has 0 atom stereocenters. The number of ether oxygens (including phenoxy) is 3. The number of hydrogen-bond acceptors (Lipinski definition) is 6. The lowest BCUT2D eigenvalue weighted by molar-refractivity contribution is -0.128. The smallest absolute Gasteiger partial charge is 0.338 e. The van der Waals surface area contributed by atoms with Crippen LogP contribution in [0.3, 0.4) is 0 Å². The first kappa shape index (κ1) is 68.4. The lowest BCUT2D eigenvalue weighted by atomic mass is 9.80. The number of carbonyl (C=O) groups excluding carboxylic acids is 2. The van der Waals surface area contributed by atoms with Crippen LogP contribution in [0.2, 0.25) is 0 Å². The molecular formula is C87H111N2O5+. The van der Waals surface area contributed by atoms with Crippen molar-refractivity contribution in [1.29, 1.82) is 0 Å². The third-order valence-electron chi connectivity index (χ3n) is 21.2. The van der Waals surface area contributed by atoms with Gasteiger partial charge in [-0.25, -0.2) is 4.79 Å². The number of aryl methyl sites for hydroxylation is 1. The minimum absolute atomic E-state index is 0.244. The van der Waals surface area contributed by atoms with E-state index < -0.39 is 0 Å². The summed E-state index contributed by atoms with van der Waals surface area (Å²) < 4.78 is 21.1. The molecule has 0 saturated carbocycles. The molecule has 7 nitrogen and oxygen atoms in total. The molecule has 0 N–H and O–H groups in total. The Bertz CT molecular complexity index is 3950. The van der Waals surface area contributed by atoms with Gasteiger partial charge in [-0.15, -0.1) is 0 Å². The van der Waals surface area contributed by atoms with E-state index in [1.165, 1.54) is 263 Å². The van der Waals surface area contributed by atoms with Crippen LogP contribution in [0.1, 0.15) is 273 Å². The molecule has 0 saturated heterocycles. The number of nitrogens with zero attached hydrogens (tertiary/aromatic N) is 2. The Balaban J connectivity index is 0.778. The van der Waals surface area contributed by atoms with Crippen molar-refractivity contribution in [2.24, 2.45) is 0 Å². The van der Waals surface area contributed by atoms with Gasteiger partial charge in [-0.2, -0.15) is 4.58 Å². The van der Waals surface area contributed by atoms with Gasteiger partial charge in [0.25, 0.3) is 6.47 Å². The maximum Gasteiger partial charge on any atom is 0.338 e.